The molecule has 0 aliphatic heterocycles. The van der Waals surface area contributed by atoms with Crippen molar-refractivity contribution in [2.24, 2.45) is 0 Å². The predicted octanol–water partition coefficient (Wildman–Crippen LogP) is -0.124. The third-order valence-electron chi connectivity index (χ3n) is 0.915. The molecule has 1 atom stereocenters. The van der Waals surface area contributed by atoms with Gasteiger partial charge in [0.1, 0.15) is 0 Å². The summed E-state index contributed by atoms with van der Waals surface area (Å²) in [6.07, 6.45) is 2.68. The van der Waals surface area contributed by atoms with Crippen molar-refractivity contribution in [3.8, 4) is 0 Å². The van der Waals surface area contributed by atoms with E-state index in [4.69, 9.17) is 5.11 Å². The van der Waals surface area contributed by atoms with E-state index in [1.54, 1.807) is 0 Å². The predicted molar refractivity (Wildman–Crippen MR) is 24.8 cm³/mol. The largest absolute Gasteiger partial charge is 0.389 e. The van der Waals surface area contributed by atoms with Gasteiger partial charge in [-0.3, -0.25) is 4.79 Å². The maximum Gasteiger partial charge on any atom is 0.158 e. The van der Waals surface area contributed by atoms with Gasteiger partial charge in [-0.1, -0.05) is 6.08 Å². The second kappa shape index (κ2) is 3.76. The van der Waals surface area contributed by atoms with E-state index in [2.05, 4.69) is 0 Å². The number of carbonyl (C=O) groups is 1. The minimum atomic E-state index is -0.507. The Balaban J connectivity index is 0.000000490. The van der Waals surface area contributed by atoms with Crippen LogP contribution in [-0.4, -0.2) is 17.0 Å². The zero-order valence-corrected chi connectivity index (χ0v) is 9.12. The van der Waals surface area contributed by atoms with Crippen LogP contribution in [0.1, 0.15) is 6.42 Å². The Kier molecular flexibility index (Phi) is 4.15. The Bertz CT molecular complexity index is 120. The van der Waals surface area contributed by atoms with Crippen molar-refractivity contribution in [1.29, 1.82) is 0 Å². The van der Waals surface area contributed by atoms with Crippen LogP contribution in [0.4, 0.5) is 0 Å². The molecule has 1 N–H and O–H groups in total. The van der Waals surface area contributed by atoms with E-state index in [1.165, 1.54) is 12.2 Å². The SMILES string of the molecule is O=C1C=C[C@@H](O)C1.[Ac]. The number of aliphatic hydroxyl groups excluding tert-OH is 1. The van der Waals surface area contributed by atoms with Gasteiger partial charge in [0.2, 0.25) is 0 Å². The molecule has 1 radical (unpaired) electrons. The number of allylic oxidation sites excluding steroid dienone is 1. The number of ketones is 1. The fourth-order valence-corrected chi connectivity index (χ4v) is 0.561. The van der Waals surface area contributed by atoms with Gasteiger partial charge < -0.3 is 5.11 Å². The molecule has 8 heavy (non-hydrogen) atoms. The van der Waals surface area contributed by atoms with E-state index in [0.717, 1.165) is 0 Å². The van der Waals surface area contributed by atoms with Crippen molar-refractivity contribution >= 4 is 5.78 Å². The number of aliphatic hydroxyl groups is 1. The summed E-state index contributed by atoms with van der Waals surface area (Å²) in [5.41, 5.74) is 0. The molecule has 1 aliphatic rings. The van der Waals surface area contributed by atoms with Crippen LogP contribution in [0, 0.1) is 44.1 Å². The molecule has 0 amide bonds. The second-order valence-corrected chi connectivity index (χ2v) is 1.60. The molecule has 0 saturated carbocycles. The average Bonchev–Trinajstić information content (AvgIpc) is 1.87. The van der Waals surface area contributed by atoms with Crippen molar-refractivity contribution in [3.63, 3.8) is 0 Å². The summed E-state index contributed by atoms with van der Waals surface area (Å²) >= 11 is 0. The van der Waals surface area contributed by atoms with Crippen LogP contribution in [0.2, 0.25) is 0 Å². The summed E-state index contributed by atoms with van der Waals surface area (Å²) < 4.78 is 0. The average molecular weight is 325 g/mol. The molecule has 41 valence electrons. The second-order valence-electron chi connectivity index (χ2n) is 1.60. The van der Waals surface area contributed by atoms with E-state index in [9.17, 15) is 4.79 Å². The van der Waals surface area contributed by atoms with Crippen LogP contribution in [-0.2, 0) is 4.79 Å². The number of hydrogen-bond donors (Lipinski definition) is 1. The molecule has 0 heterocycles. The minimum absolute atomic E-state index is 0. The van der Waals surface area contributed by atoms with Crippen molar-refractivity contribution in [1.82, 2.24) is 0 Å². The van der Waals surface area contributed by atoms with Crippen LogP contribution < -0.4 is 0 Å². The van der Waals surface area contributed by atoms with Crippen molar-refractivity contribution in [3.05, 3.63) is 12.2 Å². The van der Waals surface area contributed by atoms with E-state index in [-0.39, 0.29) is 56.3 Å². The monoisotopic (exact) mass is 325 g/mol. The molecule has 0 bridgehead atoms. The fraction of sp³-hybridized carbons (Fsp3) is 0.400. The fourth-order valence-electron chi connectivity index (χ4n) is 0.561. The normalized spacial score (nSPS) is 25.6. The van der Waals surface area contributed by atoms with Crippen LogP contribution in [0.3, 0.4) is 0 Å². The standard InChI is InChI=1S/C5H6O2.Ac/c6-4-1-2-5(7)3-4;/h1-2,4,6H,3H2;/t4-;/m1./s1. The van der Waals surface area contributed by atoms with Crippen LogP contribution in [0.5, 0.6) is 0 Å². The summed E-state index contributed by atoms with van der Waals surface area (Å²) in [7, 11) is 0. The van der Waals surface area contributed by atoms with Crippen molar-refractivity contribution < 1.29 is 54.0 Å². The minimum Gasteiger partial charge on any atom is -0.389 e. The first-order chi connectivity index (χ1) is 3.29. The van der Waals surface area contributed by atoms with Crippen LogP contribution >= 0.6 is 0 Å². The zero-order valence-electron chi connectivity index (χ0n) is 4.37. The van der Waals surface area contributed by atoms with E-state index in [0.29, 0.717) is 0 Å². The molecule has 3 heteroatoms. The van der Waals surface area contributed by atoms with Crippen LogP contribution in [0.25, 0.3) is 0 Å². The van der Waals surface area contributed by atoms with Gasteiger partial charge in [0, 0.05) is 50.5 Å². The molecule has 0 saturated heterocycles. The molecule has 0 aromatic rings. The van der Waals surface area contributed by atoms with E-state index < -0.39 is 6.10 Å². The number of hydrogen-bond acceptors (Lipinski definition) is 2. The third kappa shape index (κ3) is 2.39. The summed E-state index contributed by atoms with van der Waals surface area (Å²) in [4.78, 5) is 10.2. The summed E-state index contributed by atoms with van der Waals surface area (Å²) in [6.45, 7) is 0. The zero-order chi connectivity index (χ0) is 5.28. The van der Waals surface area contributed by atoms with Crippen LogP contribution in [0.15, 0.2) is 12.2 Å². The smallest absolute Gasteiger partial charge is 0.158 e. The molecule has 0 spiro atoms. The molecular weight excluding hydrogens is 319 g/mol. The van der Waals surface area contributed by atoms with Gasteiger partial charge in [-0.2, -0.15) is 0 Å². The first-order valence-electron chi connectivity index (χ1n) is 2.18. The summed E-state index contributed by atoms with van der Waals surface area (Å²) in [5, 5.41) is 8.59. The van der Waals surface area contributed by atoms with Gasteiger partial charge >= 0.3 is 0 Å². The molecular formula is C5H6AcO2. The third-order valence-corrected chi connectivity index (χ3v) is 0.915. The van der Waals surface area contributed by atoms with E-state index in [1.807, 2.05) is 0 Å². The Morgan fingerprint density at radius 2 is 2.38 bits per heavy atom. The maximum atomic E-state index is 10.2. The van der Waals surface area contributed by atoms with Gasteiger partial charge in [0.25, 0.3) is 0 Å². The van der Waals surface area contributed by atoms with E-state index >= 15 is 0 Å². The van der Waals surface area contributed by atoms with Crippen molar-refractivity contribution in [2.75, 3.05) is 0 Å². The Morgan fingerprint density at radius 1 is 1.75 bits per heavy atom. The molecule has 1 aliphatic carbocycles. The first kappa shape index (κ1) is 8.81. The Hall–Kier alpha value is 0.812. The maximum absolute atomic E-state index is 10.2. The van der Waals surface area contributed by atoms with Gasteiger partial charge in [-0.05, 0) is 6.08 Å². The molecule has 0 unspecified atom stereocenters. The number of rotatable bonds is 0. The summed E-state index contributed by atoms with van der Waals surface area (Å²) in [6, 6.07) is 0. The Labute approximate surface area is 83.5 Å². The van der Waals surface area contributed by atoms with Gasteiger partial charge in [0.05, 0.1) is 6.10 Å². The molecule has 0 aromatic carbocycles. The molecule has 1 rings (SSSR count). The van der Waals surface area contributed by atoms with Gasteiger partial charge in [-0.25, -0.2) is 0 Å². The summed E-state index contributed by atoms with van der Waals surface area (Å²) in [5.74, 6) is 0.0208. The molecule has 0 aromatic heterocycles. The van der Waals surface area contributed by atoms with Gasteiger partial charge in [-0.15, -0.1) is 0 Å². The first-order valence-corrected chi connectivity index (χ1v) is 2.18. The van der Waals surface area contributed by atoms with Gasteiger partial charge in [0.15, 0.2) is 5.78 Å². The number of carbonyl (C=O) groups excluding carboxylic acids is 1. The topological polar surface area (TPSA) is 37.3 Å². The molecule has 2 nitrogen and oxygen atoms in total. The Morgan fingerprint density at radius 3 is 2.50 bits per heavy atom. The molecule has 0 fully saturated rings. The quantitative estimate of drug-likeness (QED) is 0.674. The van der Waals surface area contributed by atoms with Crippen molar-refractivity contribution in [2.45, 2.75) is 12.5 Å².